The number of nitrogens with two attached hydrogens (primary N) is 1. The minimum absolute atomic E-state index is 0.0406. The van der Waals surface area contributed by atoms with Crippen LogP contribution in [0.3, 0.4) is 0 Å². The third-order valence-corrected chi connectivity index (χ3v) is 13.8. The van der Waals surface area contributed by atoms with Crippen LogP contribution in [-0.2, 0) is 49.6 Å². The van der Waals surface area contributed by atoms with E-state index in [2.05, 4.69) is 25.4 Å². The third-order valence-electron chi connectivity index (χ3n) is 12.9. The molecule has 2 aromatic heterocycles. The molecule has 2 aromatic rings. The van der Waals surface area contributed by atoms with E-state index in [-0.39, 0.29) is 68.8 Å². The van der Waals surface area contributed by atoms with Crippen LogP contribution in [0.4, 0.5) is 10.2 Å². The molecule has 0 bridgehead atoms. The lowest BCUT2D eigenvalue weighted by atomic mass is 9.70. The Morgan fingerprint density at radius 1 is 1.12 bits per heavy atom. The van der Waals surface area contributed by atoms with Crippen molar-refractivity contribution in [2.75, 3.05) is 26.0 Å². The number of esters is 1. The Kier molecular flexibility index (Phi) is 20.4. The van der Waals surface area contributed by atoms with Gasteiger partial charge in [0, 0.05) is 35.4 Å². The highest BCUT2D eigenvalue weighted by Crippen LogP contribution is 2.39. The van der Waals surface area contributed by atoms with Crippen LogP contribution in [0.15, 0.2) is 33.7 Å². The summed E-state index contributed by atoms with van der Waals surface area (Å²) in [7, 11) is 3.63. The van der Waals surface area contributed by atoms with Crippen molar-refractivity contribution in [1.29, 1.82) is 0 Å². The average molecular weight is 976 g/mol. The highest BCUT2D eigenvalue weighted by Gasteiger charge is 2.53. The molecule has 0 spiro atoms. The van der Waals surface area contributed by atoms with E-state index in [9.17, 15) is 29.4 Å². The molecule has 2 aliphatic heterocycles. The van der Waals surface area contributed by atoms with Gasteiger partial charge in [0.2, 0.25) is 11.8 Å². The monoisotopic (exact) mass is 976 g/mol. The number of rotatable bonds is 14. The maximum absolute atomic E-state index is 16.9. The Labute approximate surface area is 404 Å². The molecule has 0 aromatic carbocycles. The molecule has 2 saturated heterocycles. The van der Waals surface area contributed by atoms with E-state index in [1.807, 2.05) is 46.7 Å². The molecule has 0 radical (unpaired) electrons. The second-order valence-corrected chi connectivity index (χ2v) is 19.9. The molecule has 18 nitrogen and oxygen atoms in total. The van der Waals surface area contributed by atoms with Gasteiger partial charge in [-0.15, -0.1) is 11.3 Å². The maximum Gasteiger partial charge on any atom is 0.351 e. The van der Waals surface area contributed by atoms with Gasteiger partial charge in [-0.05, 0) is 98.4 Å². The summed E-state index contributed by atoms with van der Waals surface area (Å²) in [5.41, 5.74) is 2.57. The van der Waals surface area contributed by atoms with Gasteiger partial charge in [0.05, 0.1) is 42.4 Å². The van der Waals surface area contributed by atoms with Gasteiger partial charge in [0.25, 0.3) is 5.67 Å². The molecular formula is C48H74FN7O11S. The zero-order valence-corrected chi connectivity index (χ0v) is 42.7. The Morgan fingerprint density at radius 2 is 1.81 bits per heavy atom. The molecule has 1 unspecified atom stereocenters. The van der Waals surface area contributed by atoms with Crippen LogP contribution in [-0.4, -0.2) is 141 Å². The third kappa shape index (κ3) is 14.2. The van der Waals surface area contributed by atoms with Crippen molar-refractivity contribution in [3.05, 3.63) is 29.3 Å². The normalized spacial score (nSPS) is 32.0. The fourth-order valence-corrected chi connectivity index (χ4v) is 9.56. The zero-order valence-electron chi connectivity index (χ0n) is 41.9. The lowest BCUT2D eigenvalue weighted by Crippen LogP contribution is -2.57. The largest absolute Gasteiger partial charge is 0.457 e. The summed E-state index contributed by atoms with van der Waals surface area (Å²) >= 11 is 1.31. The van der Waals surface area contributed by atoms with Crippen LogP contribution in [0.5, 0.6) is 0 Å². The summed E-state index contributed by atoms with van der Waals surface area (Å²) in [6.07, 6.45) is -5.33. The SMILES string of the molecule is CCC(=O)N=C(C(C)C)[C@H](C)[C@H]1CC/C(=N\OCc2csc(-c3cccc(NC(=O)[C@H](C)N)n3)n2)COC(C)[C@H](O[C@@H]2O[C@H](C)C[C@H](N(C)C)[C@H]2O)[C@@H](C)C(=O)[C@](C)(F)C(=O)O[C@H](CC)[C@@]1(C)O. The average Bonchev–Trinajstić information content (AvgIpc) is 3.76. The number of anilines is 1. The number of thiazole rings is 1. The molecule has 5 N–H and O–H groups in total. The van der Waals surface area contributed by atoms with Gasteiger partial charge >= 0.3 is 5.97 Å². The number of Topliss-reactive ketones (excluding diaryl/α,β-unsaturated/α-hetero) is 1. The Hall–Kier alpha value is -4.15. The first-order valence-corrected chi connectivity index (χ1v) is 24.4. The summed E-state index contributed by atoms with van der Waals surface area (Å²) in [6.45, 7) is 17.5. The van der Waals surface area contributed by atoms with Crippen LogP contribution in [0, 0.1) is 23.7 Å². The first kappa shape index (κ1) is 56.4. The van der Waals surface area contributed by atoms with Crippen molar-refractivity contribution in [3.63, 3.8) is 0 Å². The molecule has 20 heteroatoms. The number of nitrogens with zero attached hydrogens (tertiary/aromatic N) is 5. The van der Waals surface area contributed by atoms with Crippen LogP contribution in [0.1, 0.15) is 114 Å². The lowest BCUT2D eigenvalue weighted by molar-refractivity contribution is -0.283. The van der Waals surface area contributed by atoms with Gasteiger partial charge in [0.15, 0.2) is 18.7 Å². The molecule has 2 aliphatic rings. The minimum Gasteiger partial charge on any atom is -0.457 e. The molecule has 0 aliphatic carbocycles. The number of ether oxygens (including phenoxy) is 4. The zero-order chi connectivity index (χ0) is 50.8. The van der Waals surface area contributed by atoms with Crippen LogP contribution >= 0.6 is 11.3 Å². The molecule has 13 atom stereocenters. The van der Waals surface area contributed by atoms with E-state index in [1.54, 1.807) is 51.3 Å². The number of halogens is 1. The number of cyclic esters (lactones) is 1. The molecule has 4 rings (SSSR count). The summed E-state index contributed by atoms with van der Waals surface area (Å²) in [4.78, 5) is 74.6. The Morgan fingerprint density at radius 3 is 2.43 bits per heavy atom. The van der Waals surface area contributed by atoms with E-state index in [4.69, 9.17) is 29.5 Å². The lowest BCUT2D eigenvalue weighted by Gasteiger charge is -2.43. The Balaban J connectivity index is 1.77. The highest BCUT2D eigenvalue weighted by atomic mass is 32.1. The number of alkyl halides is 1. The molecule has 4 heterocycles. The topological polar surface area (TPSA) is 247 Å². The number of oxime groups is 1. The van der Waals surface area contributed by atoms with Gasteiger partial charge in [-0.25, -0.2) is 24.1 Å². The first-order valence-electron chi connectivity index (χ1n) is 23.5. The van der Waals surface area contributed by atoms with Gasteiger partial charge < -0.3 is 49.9 Å². The Bertz CT molecular complexity index is 2100. The van der Waals surface area contributed by atoms with Crippen molar-refractivity contribution in [2.45, 2.75) is 175 Å². The summed E-state index contributed by atoms with van der Waals surface area (Å²) < 4.78 is 41.6. The van der Waals surface area contributed by atoms with E-state index in [1.165, 1.54) is 25.2 Å². The van der Waals surface area contributed by atoms with Gasteiger partial charge in [0.1, 0.15) is 34.3 Å². The second-order valence-electron chi connectivity index (χ2n) is 19.0. The summed E-state index contributed by atoms with van der Waals surface area (Å²) in [5, 5.41) is 33.6. The fraction of sp³-hybridized carbons (Fsp3) is 0.708. The van der Waals surface area contributed by atoms with Gasteiger partial charge in [-0.2, -0.15) is 0 Å². The number of amides is 2. The van der Waals surface area contributed by atoms with Crippen molar-refractivity contribution in [3.8, 4) is 10.7 Å². The van der Waals surface area contributed by atoms with Crippen molar-refractivity contribution < 1.29 is 57.6 Å². The van der Waals surface area contributed by atoms with Crippen LogP contribution in [0.25, 0.3) is 10.7 Å². The first-order chi connectivity index (χ1) is 31.8. The standard InChI is InChI=1S/C48H74FN7O11S/c1-14-36-48(11,62)33(27(6)39(25(3)4)54-38(57)15-2)20-19-31(55-64-23-32-24-68-44(51-32)34-17-16-18-37(52-34)53-43(60)29(8)50)22-63-30(9)41(28(7)42(59)47(10,49)46(61)66-36)67-45-40(58)35(56(12)13)21-26(5)65-45/h16-18,24-30,33,35-36,40-41,45,58,62H,14-15,19-23,50H2,1-13H3,(H,52,53,60)/b54-39?,55-31+/t26-,27-,28-,29+,30?,33-,35+,36-,40-,41-,45+,47+,48+/m1/s1. The molecule has 2 fully saturated rings. The maximum atomic E-state index is 16.9. The number of aliphatic imine (C=N–C) groups is 1. The quantitative estimate of drug-likeness (QED) is 0.0772. The molecule has 0 saturated carbocycles. The number of ketones is 1. The predicted molar refractivity (Wildman–Crippen MR) is 257 cm³/mol. The number of hydrogen-bond acceptors (Lipinski definition) is 17. The van der Waals surface area contributed by atoms with E-state index >= 15 is 4.39 Å². The highest BCUT2D eigenvalue weighted by molar-refractivity contribution is 7.13. The minimum atomic E-state index is -3.21. The summed E-state index contributed by atoms with van der Waals surface area (Å²) in [6, 6.07) is 4.05. The fourth-order valence-electron chi connectivity index (χ4n) is 8.78. The van der Waals surface area contributed by atoms with E-state index < -0.39 is 77.5 Å². The number of aromatic nitrogens is 2. The van der Waals surface area contributed by atoms with Crippen molar-refractivity contribution in [2.24, 2.45) is 39.6 Å². The molecule has 2 amide bonds. The van der Waals surface area contributed by atoms with Crippen LogP contribution < -0.4 is 11.1 Å². The van der Waals surface area contributed by atoms with Crippen LogP contribution in [0.2, 0.25) is 0 Å². The number of pyridine rings is 1. The smallest absolute Gasteiger partial charge is 0.351 e. The number of carbonyl (C=O) groups is 4. The molecule has 68 heavy (non-hydrogen) atoms. The number of nitrogens with one attached hydrogen (secondary N) is 1. The number of hydrogen-bond donors (Lipinski definition) is 4. The van der Waals surface area contributed by atoms with Crippen molar-refractivity contribution >= 4 is 52.1 Å². The molecular weight excluding hydrogens is 902 g/mol. The number of likely N-dealkylation sites (N-methyl/N-ethyl adjacent to an activating group) is 1. The van der Waals surface area contributed by atoms with E-state index in [0.717, 1.165) is 6.92 Å². The van der Waals surface area contributed by atoms with Crippen molar-refractivity contribution in [1.82, 2.24) is 14.9 Å². The van der Waals surface area contributed by atoms with E-state index in [0.29, 0.717) is 40.1 Å². The number of aliphatic hydroxyl groups is 2. The number of carbonyl (C=O) groups excluding carboxylic acids is 4. The molecule has 380 valence electrons. The summed E-state index contributed by atoms with van der Waals surface area (Å²) in [5.74, 6) is -6.00. The number of aliphatic hydroxyl groups excluding tert-OH is 1. The van der Waals surface area contributed by atoms with Gasteiger partial charge in [-0.1, -0.05) is 52.8 Å². The second kappa shape index (κ2) is 24.6. The predicted octanol–water partition coefficient (Wildman–Crippen LogP) is 5.67. The van der Waals surface area contributed by atoms with Gasteiger partial charge in [-0.3, -0.25) is 14.4 Å².